The van der Waals surface area contributed by atoms with Crippen LogP contribution in [0.5, 0.6) is 0 Å². The Morgan fingerprint density at radius 3 is 2.62 bits per heavy atom. The number of hydrogen-bond acceptors (Lipinski definition) is 3. The van der Waals surface area contributed by atoms with Crippen LogP contribution in [0.4, 0.5) is 14.9 Å². The highest BCUT2D eigenvalue weighted by Gasteiger charge is 2.26. The van der Waals surface area contributed by atoms with Gasteiger partial charge in [-0.25, -0.2) is 14.2 Å². The Morgan fingerprint density at radius 2 is 2.05 bits per heavy atom. The van der Waals surface area contributed by atoms with Gasteiger partial charge >= 0.3 is 6.03 Å². The van der Waals surface area contributed by atoms with Crippen molar-refractivity contribution < 1.29 is 9.18 Å². The van der Waals surface area contributed by atoms with Crippen molar-refractivity contribution in [2.45, 2.75) is 33.2 Å². The number of aryl methyl sites for hydroxylation is 2. The molecule has 1 aromatic carbocycles. The first kappa shape index (κ1) is 15.4. The Kier molecular flexibility index (Phi) is 4.27. The Morgan fingerprint density at radius 1 is 1.33 bits per heavy atom. The zero-order valence-electron chi connectivity index (χ0n) is 12.5. The van der Waals surface area contributed by atoms with Crippen molar-refractivity contribution in [2.75, 3.05) is 5.32 Å². The molecule has 0 aliphatic heterocycles. The van der Waals surface area contributed by atoms with Gasteiger partial charge in [-0.05, 0) is 39.3 Å². The fraction of sp³-hybridized carbons (Fsp3) is 0.333. The quantitative estimate of drug-likeness (QED) is 0.902. The summed E-state index contributed by atoms with van der Waals surface area (Å²) in [7, 11) is 0. The number of rotatable bonds is 3. The molecule has 6 heteroatoms. The molecule has 1 heterocycles. The van der Waals surface area contributed by atoms with Crippen molar-refractivity contribution in [3.63, 3.8) is 0 Å². The first-order valence-corrected chi connectivity index (χ1v) is 7.38. The molecule has 0 fully saturated rings. The van der Waals surface area contributed by atoms with Crippen LogP contribution in [0.2, 0.25) is 0 Å². The lowest BCUT2D eigenvalue weighted by molar-refractivity contribution is 0.241. The first-order valence-electron chi connectivity index (χ1n) is 6.57. The maximum Gasteiger partial charge on any atom is 0.320 e. The molecule has 0 saturated heterocycles. The molecule has 21 heavy (non-hydrogen) atoms. The Balaban J connectivity index is 2.11. The standard InChI is InChI=1S/C15H18FN3OS/c1-9-6-5-7-11(16)12(9)18-14(20)19-15(3,4)13-17-8-10(2)21-13/h5-8H,1-4H3,(H2,18,19,20). The Labute approximate surface area is 127 Å². The number of halogens is 1. The minimum absolute atomic E-state index is 0.195. The minimum atomic E-state index is -0.623. The molecule has 0 saturated carbocycles. The lowest BCUT2D eigenvalue weighted by Crippen LogP contribution is -2.43. The summed E-state index contributed by atoms with van der Waals surface area (Å²) in [5.41, 5.74) is 0.247. The predicted molar refractivity (Wildman–Crippen MR) is 83.2 cm³/mol. The molecule has 0 bridgehead atoms. The summed E-state index contributed by atoms with van der Waals surface area (Å²) in [5, 5.41) is 6.19. The van der Waals surface area contributed by atoms with Crippen LogP contribution in [-0.2, 0) is 5.54 Å². The van der Waals surface area contributed by atoms with E-state index in [1.807, 2.05) is 20.8 Å². The number of benzene rings is 1. The highest BCUT2D eigenvalue weighted by molar-refractivity contribution is 7.11. The van der Waals surface area contributed by atoms with E-state index < -0.39 is 17.4 Å². The van der Waals surface area contributed by atoms with Gasteiger partial charge < -0.3 is 10.6 Å². The molecule has 0 unspecified atom stereocenters. The van der Waals surface area contributed by atoms with Crippen LogP contribution in [0, 0.1) is 19.7 Å². The second kappa shape index (κ2) is 5.81. The van der Waals surface area contributed by atoms with E-state index in [0.717, 1.165) is 9.88 Å². The van der Waals surface area contributed by atoms with Gasteiger partial charge in [0.25, 0.3) is 0 Å². The van der Waals surface area contributed by atoms with Crippen molar-refractivity contribution in [1.29, 1.82) is 0 Å². The molecule has 2 N–H and O–H groups in total. The van der Waals surface area contributed by atoms with Crippen LogP contribution in [0.25, 0.3) is 0 Å². The topological polar surface area (TPSA) is 54.0 Å². The van der Waals surface area contributed by atoms with Gasteiger partial charge in [0.1, 0.15) is 10.8 Å². The van der Waals surface area contributed by atoms with E-state index >= 15 is 0 Å². The van der Waals surface area contributed by atoms with Crippen molar-refractivity contribution in [3.8, 4) is 0 Å². The fourth-order valence-corrected chi connectivity index (χ4v) is 2.74. The average Bonchev–Trinajstić information content (AvgIpc) is 2.81. The highest BCUT2D eigenvalue weighted by atomic mass is 32.1. The zero-order valence-corrected chi connectivity index (χ0v) is 13.3. The third kappa shape index (κ3) is 3.58. The zero-order chi connectivity index (χ0) is 15.6. The number of aromatic nitrogens is 1. The molecule has 0 spiro atoms. The summed E-state index contributed by atoms with van der Waals surface area (Å²) in [6, 6.07) is 4.21. The molecule has 4 nitrogen and oxygen atoms in total. The SMILES string of the molecule is Cc1cnc(C(C)(C)NC(=O)Nc2c(C)cccc2F)s1. The number of para-hydroxylation sites is 1. The van der Waals surface area contributed by atoms with Crippen LogP contribution in [-0.4, -0.2) is 11.0 Å². The molecule has 0 atom stereocenters. The van der Waals surface area contributed by atoms with Gasteiger partial charge in [-0.3, -0.25) is 0 Å². The lowest BCUT2D eigenvalue weighted by Gasteiger charge is -2.24. The molecular formula is C15H18FN3OS. The molecule has 1 aromatic heterocycles. The molecule has 0 aliphatic rings. The lowest BCUT2D eigenvalue weighted by atomic mass is 10.1. The van der Waals surface area contributed by atoms with Gasteiger partial charge in [0.15, 0.2) is 0 Å². The molecule has 0 aliphatic carbocycles. The van der Waals surface area contributed by atoms with E-state index in [0.29, 0.717) is 5.56 Å². The molecule has 2 amide bonds. The normalized spacial score (nSPS) is 11.3. The predicted octanol–water partition coefficient (Wildman–Crippen LogP) is 3.96. The number of hydrogen-bond donors (Lipinski definition) is 2. The summed E-state index contributed by atoms with van der Waals surface area (Å²) < 4.78 is 13.7. The fourth-order valence-electron chi connectivity index (χ4n) is 1.92. The molecule has 112 valence electrons. The van der Waals surface area contributed by atoms with Gasteiger partial charge in [-0.1, -0.05) is 12.1 Å². The number of thiazole rings is 1. The number of nitrogens with zero attached hydrogens (tertiary/aromatic N) is 1. The van der Waals surface area contributed by atoms with Gasteiger partial charge in [0, 0.05) is 11.1 Å². The number of nitrogens with one attached hydrogen (secondary N) is 2. The number of urea groups is 1. The maximum atomic E-state index is 13.7. The molecule has 0 radical (unpaired) electrons. The summed E-state index contributed by atoms with van der Waals surface area (Å²) in [6.45, 7) is 7.42. The van der Waals surface area contributed by atoms with Crippen molar-refractivity contribution >= 4 is 23.1 Å². The van der Waals surface area contributed by atoms with Crippen LogP contribution in [0.3, 0.4) is 0 Å². The van der Waals surface area contributed by atoms with Gasteiger partial charge in [-0.2, -0.15) is 0 Å². The van der Waals surface area contributed by atoms with E-state index in [4.69, 9.17) is 0 Å². The second-order valence-electron chi connectivity index (χ2n) is 5.41. The second-order valence-corrected chi connectivity index (χ2v) is 6.65. The van der Waals surface area contributed by atoms with Gasteiger partial charge in [0.05, 0.1) is 11.2 Å². The first-order chi connectivity index (χ1) is 9.79. The molecule has 2 aromatic rings. The monoisotopic (exact) mass is 307 g/mol. The van der Waals surface area contributed by atoms with Crippen LogP contribution in [0.1, 0.15) is 29.3 Å². The smallest absolute Gasteiger partial charge is 0.320 e. The van der Waals surface area contributed by atoms with Crippen LogP contribution < -0.4 is 10.6 Å². The largest absolute Gasteiger partial charge is 0.326 e. The number of amides is 2. The minimum Gasteiger partial charge on any atom is -0.326 e. The third-order valence-corrected chi connectivity index (χ3v) is 4.28. The third-order valence-electron chi connectivity index (χ3n) is 3.04. The van der Waals surface area contributed by atoms with Crippen molar-refractivity contribution in [1.82, 2.24) is 10.3 Å². The van der Waals surface area contributed by atoms with E-state index in [1.165, 1.54) is 17.4 Å². The Hall–Kier alpha value is -1.95. The van der Waals surface area contributed by atoms with E-state index in [2.05, 4.69) is 15.6 Å². The van der Waals surface area contributed by atoms with Crippen LogP contribution >= 0.6 is 11.3 Å². The number of carbonyl (C=O) groups excluding carboxylic acids is 1. The van der Waals surface area contributed by atoms with Gasteiger partial charge in [-0.15, -0.1) is 11.3 Å². The average molecular weight is 307 g/mol. The van der Waals surface area contributed by atoms with Crippen LogP contribution in [0.15, 0.2) is 24.4 Å². The van der Waals surface area contributed by atoms with E-state index in [9.17, 15) is 9.18 Å². The number of anilines is 1. The summed E-state index contributed by atoms with van der Waals surface area (Å²) in [4.78, 5) is 17.5. The summed E-state index contributed by atoms with van der Waals surface area (Å²) in [5.74, 6) is -0.451. The molecular weight excluding hydrogens is 289 g/mol. The van der Waals surface area contributed by atoms with Gasteiger partial charge in [0.2, 0.25) is 0 Å². The summed E-state index contributed by atoms with van der Waals surface area (Å²) in [6.07, 6.45) is 1.77. The number of carbonyl (C=O) groups is 1. The van der Waals surface area contributed by atoms with E-state index in [1.54, 1.807) is 25.3 Å². The highest BCUT2D eigenvalue weighted by Crippen LogP contribution is 2.25. The van der Waals surface area contributed by atoms with E-state index in [-0.39, 0.29) is 5.69 Å². The van der Waals surface area contributed by atoms with Crippen molar-refractivity contribution in [2.24, 2.45) is 0 Å². The Bertz CT molecular complexity index is 646. The summed E-state index contributed by atoms with van der Waals surface area (Å²) >= 11 is 1.52. The maximum absolute atomic E-state index is 13.7. The molecule has 2 rings (SSSR count). The van der Waals surface area contributed by atoms with Crippen molar-refractivity contribution in [3.05, 3.63) is 45.7 Å².